The number of nitrogens with zero attached hydrogens (tertiary/aromatic N) is 3. The molecule has 10 atom stereocenters. The van der Waals surface area contributed by atoms with Crippen LogP contribution in [0.4, 0.5) is 0 Å². The molecule has 4 fully saturated rings. The van der Waals surface area contributed by atoms with Gasteiger partial charge in [-0.3, -0.25) is 4.79 Å². The molecule has 0 unspecified atom stereocenters. The molecule has 6 nitrogen and oxygen atoms in total. The van der Waals surface area contributed by atoms with Crippen molar-refractivity contribution >= 4 is 5.97 Å². The Hall–Kier alpha value is -1.26. The fourth-order valence-electron chi connectivity index (χ4n) is 8.91. The van der Waals surface area contributed by atoms with E-state index in [0.717, 1.165) is 32.1 Å². The Morgan fingerprint density at radius 1 is 1.13 bits per heavy atom. The summed E-state index contributed by atoms with van der Waals surface area (Å²) in [6, 6.07) is 0.0941. The Labute approximate surface area is 180 Å². The van der Waals surface area contributed by atoms with Crippen LogP contribution in [0.25, 0.3) is 10.4 Å². The molecule has 0 bridgehead atoms. The molecule has 168 valence electrons. The van der Waals surface area contributed by atoms with Crippen molar-refractivity contribution in [3.05, 3.63) is 10.4 Å². The molecule has 30 heavy (non-hydrogen) atoms. The minimum atomic E-state index is -0.691. The third-order valence-corrected chi connectivity index (χ3v) is 10.4. The molecule has 4 saturated carbocycles. The van der Waals surface area contributed by atoms with Crippen LogP contribution in [0.15, 0.2) is 5.11 Å². The smallest absolute Gasteiger partial charge is 0.303 e. The standard InChI is InChI=1S/C24H39N3O3/c1-14(4-7-21(29)30)17-5-6-18-22-19(9-11-24(17,18)3)23(2)10-8-16(26-27-25)12-15(23)13-20(22)28/h14-20,22,28H,4-13H2,1-3H3,(H,29,30)/t14-,15+,16-,17-,18+,19+,20+,22+,23+,24-/m1/s1. The van der Waals surface area contributed by atoms with Gasteiger partial charge in [-0.15, -0.1) is 0 Å². The van der Waals surface area contributed by atoms with Gasteiger partial charge in [-0.05, 0) is 110 Å². The SMILES string of the molecule is C[C@H](CCC(=O)O)[C@H]1CC[C@H]2[C@@H]3[C@@H](O)C[C@@H]4C[C@H](N=[N+]=[N-])CC[C@]4(C)[C@H]3CC[C@]12C. The molecule has 0 saturated heterocycles. The second-order valence-electron chi connectivity index (χ2n) is 11.6. The minimum absolute atomic E-state index is 0.0941. The maximum absolute atomic E-state index is 11.4. The highest BCUT2D eigenvalue weighted by Gasteiger charge is 2.62. The largest absolute Gasteiger partial charge is 0.481 e. The molecule has 4 aliphatic carbocycles. The molecule has 6 heteroatoms. The third kappa shape index (κ3) is 3.44. The fourth-order valence-corrected chi connectivity index (χ4v) is 8.91. The first-order valence-corrected chi connectivity index (χ1v) is 12.1. The van der Waals surface area contributed by atoms with Crippen molar-refractivity contribution in [2.24, 2.45) is 51.5 Å². The molecule has 4 aliphatic rings. The number of azide groups is 1. The van der Waals surface area contributed by atoms with Crippen LogP contribution in [0.3, 0.4) is 0 Å². The first kappa shape index (κ1) is 22.0. The van der Waals surface area contributed by atoms with E-state index in [4.69, 9.17) is 10.6 Å². The molecule has 4 rings (SSSR count). The number of carbonyl (C=O) groups is 1. The highest BCUT2D eigenvalue weighted by molar-refractivity contribution is 5.66. The number of aliphatic hydroxyl groups excluding tert-OH is 1. The van der Waals surface area contributed by atoms with Gasteiger partial charge in [-0.1, -0.05) is 25.9 Å². The Bertz CT molecular complexity index is 722. The molecule has 2 N–H and O–H groups in total. The van der Waals surface area contributed by atoms with Crippen LogP contribution in [0.2, 0.25) is 0 Å². The normalized spacial score (nSPS) is 48.6. The van der Waals surface area contributed by atoms with Gasteiger partial charge in [-0.2, -0.15) is 0 Å². The predicted molar refractivity (Wildman–Crippen MR) is 116 cm³/mol. The lowest BCUT2D eigenvalue weighted by molar-refractivity contribution is -0.166. The van der Waals surface area contributed by atoms with Gasteiger partial charge in [-0.25, -0.2) is 0 Å². The van der Waals surface area contributed by atoms with E-state index in [1.54, 1.807) is 0 Å². The summed E-state index contributed by atoms with van der Waals surface area (Å²) in [7, 11) is 0. The summed E-state index contributed by atoms with van der Waals surface area (Å²) in [5.41, 5.74) is 9.34. The van der Waals surface area contributed by atoms with Crippen LogP contribution in [-0.4, -0.2) is 28.3 Å². The van der Waals surface area contributed by atoms with Crippen molar-refractivity contribution in [1.82, 2.24) is 0 Å². The van der Waals surface area contributed by atoms with Crippen LogP contribution in [0.1, 0.15) is 85.0 Å². The third-order valence-electron chi connectivity index (χ3n) is 10.4. The van der Waals surface area contributed by atoms with Crippen LogP contribution in [0.5, 0.6) is 0 Å². The van der Waals surface area contributed by atoms with Crippen molar-refractivity contribution in [2.45, 2.75) is 97.1 Å². The van der Waals surface area contributed by atoms with E-state index in [9.17, 15) is 9.90 Å². The first-order chi connectivity index (χ1) is 14.2. The molecule has 0 aromatic carbocycles. The van der Waals surface area contributed by atoms with Gasteiger partial charge in [0.25, 0.3) is 0 Å². The van der Waals surface area contributed by atoms with Gasteiger partial charge in [0.15, 0.2) is 0 Å². The zero-order valence-electron chi connectivity index (χ0n) is 18.8. The fraction of sp³-hybridized carbons (Fsp3) is 0.958. The Kier molecular flexibility index (Phi) is 5.87. The van der Waals surface area contributed by atoms with E-state index < -0.39 is 5.97 Å². The van der Waals surface area contributed by atoms with Crippen LogP contribution >= 0.6 is 0 Å². The number of hydrogen-bond donors (Lipinski definition) is 2. The monoisotopic (exact) mass is 417 g/mol. The van der Waals surface area contributed by atoms with Crippen molar-refractivity contribution < 1.29 is 15.0 Å². The molecule has 0 amide bonds. The van der Waals surface area contributed by atoms with Crippen molar-refractivity contribution in [2.75, 3.05) is 0 Å². The van der Waals surface area contributed by atoms with E-state index in [-0.39, 0.29) is 29.4 Å². The van der Waals surface area contributed by atoms with Gasteiger partial charge in [0, 0.05) is 17.4 Å². The number of carboxylic acids is 1. The zero-order valence-corrected chi connectivity index (χ0v) is 18.8. The maximum atomic E-state index is 11.4. The van der Waals surface area contributed by atoms with Gasteiger partial charge < -0.3 is 10.2 Å². The predicted octanol–water partition coefficient (Wildman–Crippen LogP) is 5.80. The minimum Gasteiger partial charge on any atom is -0.481 e. The number of aliphatic carboxylic acids is 1. The van der Waals surface area contributed by atoms with Gasteiger partial charge in [0.1, 0.15) is 0 Å². The van der Waals surface area contributed by atoms with Gasteiger partial charge >= 0.3 is 5.97 Å². The lowest BCUT2D eigenvalue weighted by Gasteiger charge is -2.62. The molecule has 0 aliphatic heterocycles. The molecule has 0 aromatic heterocycles. The van der Waals surface area contributed by atoms with E-state index >= 15 is 0 Å². The summed E-state index contributed by atoms with van der Waals surface area (Å²) in [5, 5.41) is 24.5. The number of hydrogen-bond acceptors (Lipinski definition) is 3. The molecular weight excluding hydrogens is 378 g/mol. The van der Waals surface area contributed by atoms with Gasteiger partial charge in [0.2, 0.25) is 0 Å². The Morgan fingerprint density at radius 2 is 1.83 bits per heavy atom. The molecule has 0 heterocycles. The van der Waals surface area contributed by atoms with E-state index in [1.165, 1.54) is 25.7 Å². The van der Waals surface area contributed by atoms with Crippen LogP contribution < -0.4 is 0 Å². The molecule has 0 radical (unpaired) electrons. The van der Waals surface area contributed by atoms with E-state index in [2.05, 4.69) is 30.8 Å². The van der Waals surface area contributed by atoms with E-state index in [1.807, 2.05) is 0 Å². The summed E-state index contributed by atoms with van der Waals surface area (Å²) in [6.45, 7) is 7.15. The van der Waals surface area contributed by atoms with E-state index in [0.29, 0.717) is 35.5 Å². The summed E-state index contributed by atoms with van der Waals surface area (Å²) in [6.07, 6.45) is 9.37. The average molecular weight is 418 g/mol. The number of fused-ring (bicyclic) bond motifs is 5. The highest BCUT2D eigenvalue weighted by Crippen LogP contribution is 2.68. The number of rotatable bonds is 5. The molecular formula is C24H39N3O3. The van der Waals surface area contributed by atoms with Crippen LogP contribution in [-0.2, 0) is 4.79 Å². The molecule has 0 spiro atoms. The highest BCUT2D eigenvalue weighted by atomic mass is 16.4. The first-order valence-electron chi connectivity index (χ1n) is 12.1. The topological polar surface area (TPSA) is 106 Å². The second kappa shape index (κ2) is 8.02. The van der Waals surface area contributed by atoms with Crippen LogP contribution in [0, 0.1) is 46.3 Å². The summed E-state index contributed by atoms with van der Waals surface area (Å²) in [4.78, 5) is 14.1. The molecule has 0 aromatic rings. The second-order valence-corrected chi connectivity index (χ2v) is 11.6. The lowest BCUT2D eigenvalue weighted by atomic mass is 9.43. The summed E-state index contributed by atoms with van der Waals surface area (Å²) >= 11 is 0. The van der Waals surface area contributed by atoms with Crippen molar-refractivity contribution in [3.8, 4) is 0 Å². The lowest BCUT2D eigenvalue weighted by Crippen LogP contribution is -2.58. The summed E-state index contributed by atoms with van der Waals surface area (Å²) in [5.74, 6) is 2.24. The maximum Gasteiger partial charge on any atom is 0.303 e. The Balaban J connectivity index is 1.54. The number of aliphatic hydroxyl groups is 1. The number of carboxylic acid groups (broad SMARTS) is 1. The Morgan fingerprint density at radius 3 is 2.53 bits per heavy atom. The summed E-state index contributed by atoms with van der Waals surface area (Å²) < 4.78 is 0. The quantitative estimate of drug-likeness (QED) is 0.335. The zero-order chi connectivity index (χ0) is 21.7. The average Bonchev–Trinajstić information content (AvgIpc) is 3.04. The van der Waals surface area contributed by atoms with Crippen molar-refractivity contribution in [3.63, 3.8) is 0 Å². The van der Waals surface area contributed by atoms with Gasteiger partial charge in [0.05, 0.1) is 6.10 Å². The van der Waals surface area contributed by atoms with Crippen molar-refractivity contribution in [1.29, 1.82) is 0 Å².